The van der Waals surface area contributed by atoms with Gasteiger partial charge in [0.1, 0.15) is 12.3 Å². The average molecular weight is 380 g/mol. The number of anilines is 1. The Morgan fingerprint density at radius 2 is 1.93 bits per heavy atom. The van der Waals surface area contributed by atoms with Crippen molar-refractivity contribution in [2.24, 2.45) is 0 Å². The van der Waals surface area contributed by atoms with Crippen LogP contribution in [0.4, 0.5) is 5.69 Å². The van der Waals surface area contributed by atoms with Gasteiger partial charge in [-0.3, -0.25) is 14.6 Å². The van der Waals surface area contributed by atoms with Crippen LogP contribution in [0.25, 0.3) is 0 Å². The average Bonchev–Trinajstić information content (AvgIpc) is 2.93. The third kappa shape index (κ3) is 3.75. The lowest BCUT2D eigenvalue weighted by atomic mass is 9.92. The van der Waals surface area contributed by atoms with E-state index in [1.165, 1.54) is 6.20 Å². The van der Waals surface area contributed by atoms with Crippen LogP contribution in [0.3, 0.4) is 0 Å². The van der Waals surface area contributed by atoms with Gasteiger partial charge in [-0.1, -0.05) is 18.2 Å². The molecule has 0 aliphatic carbocycles. The van der Waals surface area contributed by atoms with Crippen molar-refractivity contribution < 1.29 is 14.3 Å². The van der Waals surface area contributed by atoms with Crippen molar-refractivity contribution in [3.8, 4) is 0 Å². The highest BCUT2D eigenvalue weighted by Gasteiger charge is 2.42. The molecule has 0 N–H and O–H groups in total. The summed E-state index contributed by atoms with van der Waals surface area (Å²) in [5.41, 5.74) is 1.62. The fourth-order valence-corrected chi connectivity index (χ4v) is 3.90. The molecule has 2 saturated heterocycles. The van der Waals surface area contributed by atoms with Crippen LogP contribution in [0.15, 0.2) is 42.7 Å². The monoisotopic (exact) mass is 380 g/mol. The van der Waals surface area contributed by atoms with Crippen molar-refractivity contribution in [2.45, 2.75) is 31.8 Å². The number of carbonyl (C=O) groups is 2. The summed E-state index contributed by atoms with van der Waals surface area (Å²) >= 11 is 0. The first-order valence-electron chi connectivity index (χ1n) is 9.64. The minimum absolute atomic E-state index is 0.0241. The lowest BCUT2D eigenvalue weighted by Gasteiger charge is -2.42. The van der Waals surface area contributed by atoms with Gasteiger partial charge in [0.15, 0.2) is 0 Å². The van der Waals surface area contributed by atoms with Crippen LogP contribution >= 0.6 is 0 Å². The number of carbonyl (C=O) groups excluding carboxylic acids is 2. The predicted octanol–water partition coefficient (Wildman–Crippen LogP) is 2.21. The van der Waals surface area contributed by atoms with E-state index in [9.17, 15) is 9.59 Å². The van der Waals surface area contributed by atoms with Crippen LogP contribution in [0, 0.1) is 6.92 Å². The minimum Gasteiger partial charge on any atom is -0.363 e. The summed E-state index contributed by atoms with van der Waals surface area (Å²) in [6.45, 7) is 3.66. The van der Waals surface area contributed by atoms with E-state index in [1.54, 1.807) is 6.20 Å². The molecule has 2 fully saturated rings. The zero-order valence-electron chi connectivity index (χ0n) is 16.0. The van der Waals surface area contributed by atoms with Crippen molar-refractivity contribution in [1.29, 1.82) is 0 Å². The molecule has 1 atom stereocenters. The molecule has 3 heterocycles. The number of para-hydroxylation sites is 1. The highest BCUT2D eigenvalue weighted by Crippen LogP contribution is 2.33. The predicted molar refractivity (Wildman–Crippen MR) is 104 cm³/mol. The second-order valence-electron chi connectivity index (χ2n) is 7.48. The molecule has 2 aromatic rings. The smallest absolute Gasteiger partial charge is 0.274 e. The van der Waals surface area contributed by atoms with Gasteiger partial charge in [0.2, 0.25) is 0 Å². The summed E-state index contributed by atoms with van der Waals surface area (Å²) in [6.07, 6.45) is 5.47. The Labute approximate surface area is 164 Å². The number of morpholine rings is 1. The van der Waals surface area contributed by atoms with Crippen LogP contribution in [-0.4, -0.2) is 58.5 Å². The van der Waals surface area contributed by atoms with Gasteiger partial charge in [-0.05, 0) is 38.3 Å². The van der Waals surface area contributed by atoms with E-state index in [4.69, 9.17) is 4.74 Å². The number of amides is 2. The van der Waals surface area contributed by atoms with Crippen LogP contribution in [0.1, 0.15) is 35.4 Å². The number of rotatable bonds is 2. The number of benzene rings is 1. The number of aryl methyl sites for hydroxylation is 1. The fraction of sp³-hybridized carbons (Fsp3) is 0.429. The van der Waals surface area contributed by atoms with Crippen molar-refractivity contribution in [2.75, 3.05) is 31.1 Å². The molecule has 0 radical (unpaired) electrons. The zero-order valence-corrected chi connectivity index (χ0v) is 16.0. The normalized spacial score (nSPS) is 23.0. The number of likely N-dealkylation sites (tertiary alicyclic amines) is 1. The maximum absolute atomic E-state index is 12.8. The quantitative estimate of drug-likeness (QED) is 0.799. The number of aromatic nitrogens is 2. The van der Waals surface area contributed by atoms with E-state index < -0.39 is 5.60 Å². The Kier molecular flexibility index (Phi) is 5.09. The van der Waals surface area contributed by atoms with Gasteiger partial charge in [-0.25, -0.2) is 4.98 Å². The molecule has 0 saturated carbocycles. The van der Waals surface area contributed by atoms with Gasteiger partial charge < -0.3 is 14.5 Å². The number of nitrogens with zero attached hydrogens (tertiary/aromatic N) is 4. The first kappa shape index (κ1) is 18.6. The van der Waals surface area contributed by atoms with Crippen molar-refractivity contribution >= 4 is 17.5 Å². The molecule has 1 aromatic carbocycles. The summed E-state index contributed by atoms with van der Waals surface area (Å²) in [6, 6.07) is 9.69. The molecule has 7 nitrogen and oxygen atoms in total. The molecule has 146 valence electrons. The first-order valence-corrected chi connectivity index (χ1v) is 9.64. The summed E-state index contributed by atoms with van der Waals surface area (Å²) in [7, 11) is 0. The molecule has 1 spiro atoms. The molecule has 7 heteroatoms. The van der Waals surface area contributed by atoms with E-state index in [-0.39, 0.29) is 18.4 Å². The number of hydrogen-bond acceptors (Lipinski definition) is 5. The van der Waals surface area contributed by atoms with Gasteiger partial charge in [-0.2, -0.15) is 0 Å². The fourth-order valence-electron chi connectivity index (χ4n) is 3.90. The van der Waals surface area contributed by atoms with Gasteiger partial charge in [0, 0.05) is 25.0 Å². The molecule has 2 aliphatic heterocycles. The van der Waals surface area contributed by atoms with Crippen LogP contribution in [-0.2, 0) is 9.53 Å². The molecule has 1 aromatic heterocycles. The summed E-state index contributed by atoms with van der Waals surface area (Å²) in [5, 5.41) is 0. The zero-order chi connectivity index (χ0) is 19.6. The Balaban J connectivity index is 1.47. The summed E-state index contributed by atoms with van der Waals surface area (Å²) in [4.78, 5) is 37.2. The molecular weight excluding hydrogens is 356 g/mol. The second-order valence-corrected chi connectivity index (χ2v) is 7.48. The molecule has 1 unspecified atom stereocenters. The molecular formula is C21H24N4O3. The van der Waals surface area contributed by atoms with E-state index in [1.807, 2.05) is 47.1 Å². The highest BCUT2D eigenvalue weighted by atomic mass is 16.5. The Morgan fingerprint density at radius 1 is 1.11 bits per heavy atom. The highest BCUT2D eigenvalue weighted by molar-refractivity contribution is 5.95. The number of ether oxygens (including phenoxy) is 1. The Hall–Kier alpha value is -2.80. The van der Waals surface area contributed by atoms with Gasteiger partial charge >= 0.3 is 0 Å². The Bertz CT molecular complexity index is 856. The van der Waals surface area contributed by atoms with Gasteiger partial charge in [0.05, 0.1) is 24.0 Å². The first-order chi connectivity index (χ1) is 13.6. The van der Waals surface area contributed by atoms with Crippen molar-refractivity contribution in [3.63, 3.8) is 0 Å². The standard InChI is InChI=1S/C21H24N4O3/c1-16-12-23-18(13-22-16)20(27)24-10-5-8-21(9-11-24)15-25(19(26)14-28-21)17-6-3-2-4-7-17/h2-4,6-7,12-13H,5,8-11,14-15H2,1H3. The molecule has 2 aliphatic rings. The number of hydrogen-bond donors (Lipinski definition) is 0. The molecule has 4 rings (SSSR count). The summed E-state index contributed by atoms with van der Waals surface area (Å²) < 4.78 is 6.04. The third-order valence-electron chi connectivity index (χ3n) is 5.50. The molecule has 28 heavy (non-hydrogen) atoms. The van der Waals surface area contributed by atoms with E-state index in [0.717, 1.165) is 24.2 Å². The maximum atomic E-state index is 12.8. The van der Waals surface area contributed by atoms with E-state index in [0.29, 0.717) is 31.7 Å². The molecule has 0 bridgehead atoms. The van der Waals surface area contributed by atoms with Gasteiger partial charge in [-0.15, -0.1) is 0 Å². The van der Waals surface area contributed by atoms with Gasteiger partial charge in [0.25, 0.3) is 11.8 Å². The van der Waals surface area contributed by atoms with E-state index in [2.05, 4.69) is 9.97 Å². The Morgan fingerprint density at radius 3 is 2.68 bits per heavy atom. The maximum Gasteiger partial charge on any atom is 0.274 e. The molecule has 2 amide bonds. The lowest BCUT2D eigenvalue weighted by molar-refractivity contribution is -0.140. The van der Waals surface area contributed by atoms with E-state index >= 15 is 0 Å². The second kappa shape index (κ2) is 7.67. The minimum atomic E-state index is -0.419. The van der Waals surface area contributed by atoms with Crippen LogP contribution < -0.4 is 4.90 Å². The van der Waals surface area contributed by atoms with Crippen LogP contribution in [0.5, 0.6) is 0 Å². The van der Waals surface area contributed by atoms with Crippen molar-refractivity contribution in [1.82, 2.24) is 14.9 Å². The largest absolute Gasteiger partial charge is 0.363 e. The van der Waals surface area contributed by atoms with Crippen LogP contribution in [0.2, 0.25) is 0 Å². The van der Waals surface area contributed by atoms with Crippen molar-refractivity contribution in [3.05, 3.63) is 54.1 Å². The SMILES string of the molecule is Cc1cnc(C(=O)N2CCCC3(CC2)CN(c2ccccc2)C(=O)CO3)cn1. The topological polar surface area (TPSA) is 75.6 Å². The summed E-state index contributed by atoms with van der Waals surface area (Å²) in [5.74, 6) is -0.125. The third-order valence-corrected chi connectivity index (χ3v) is 5.50. The lowest BCUT2D eigenvalue weighted by Crippen LogP contribution is -2.55.